The molecule has 1 amide bonds. The van der Waals surface area contributed by atoms with E-state index in [1.165, 1.54) is 0 Å². The maximum atomic E-state index is 11.6. The highest BCUT2D eigenvalue weighted by Gasteiger charge is 2.14. The third kappa shape index (κ3) is 7.99. The van der Waals surface area contributed by atoms with Gasteiger partial charge in [-0.1, -0.05) is 20.8 Å². The number of hydrogen-bond donors (Lipinski definition) is 2. The molecule has 0 aliphatic heterocycles. The van der Waals surface area contributed by atoms with Crippen molar-refractivity contribution in [2.45, 2.75) is 52.6 Å². The van der Waals surface area contributed by atoms with Crippen LogP contribution in [0.1, 0.15) is 40.5 Å². The molecule has 4 heteroatoms. The van der Waals surface area contributed by atoms with Crippen LogP contribution in [0.15, 0.2) is 0 Å². The van der Waals surface area contributed by atoms with E-state index >= 15 is 0 Å². The average Bonchev–Trinajstić information content (AvgIpc) is 2.17. The molecule has 0 aliphatic carbocycles. The molecule has 96 valence electrons. The van der Waals surface area contributed by atoms with E-state index in [2.05, 4.69) is 19.2 Å². The van der Waals surface area contributed by atoms with Crippen molar-refractivity contribution in [2.24, 2.45) is 11.7 Å². The van der Waals surface area contributed by atoms with Crippen LogP contribution in [-0.2, 0) is 4.79 Å². The van der Waals surface area contributed by atoms with Crippen LogP contribution in [0.3, 0.4) is 0 Å². The van der Waals surface area contributed by atoms with E-state index in [9.17, 15) is 4.79 Å². The second-order valence-corrected chi connectivity index (χ2v) is 5.96. The molecular formula is C12H26N2OS. The number of rotatable bonds is 8. The first-order chi connectivity index (χ1) is 7.47. The van der Waals surface area contributed by atoms with Gasteiger partial charge >= 0.3 is 0 Å². The average molecular weight is 246 g/mol. The quantitative estimate of drug-likeness (QED) is 0.644. The summed E-state index contributed by atoms with van der Waals surface area (Å²) in [4.78, 5) is 11.6. The van der Waals surface area contributed by atoms with E-state index in [0.717, 1.165) is 17.9 Å². The van der Waals surface area contributed by atoms with Gasteiger partial charge in [0.05, 0.1) is 0 Å². The fraction of sp³-hybridized carbons (Fsp3) is 0.917. The van der Waals surface area contributed by atoms with Gasteiger partial charge in [0.1, 0.15) is 0 Å². The van der Waals surface area contributed by atoms with Crippen LogP contribution in [0.5, 0.6) is 0 Å². The minimum atomic E-state index is -0.0304. The number of nitrogens with two attached hydrogens (primary N) is 1. The summed E-state index contributed by atoms with van der Waals surface area (Å²) in [6, 6.07) is 0.225. The smallest absolute Gasteiger partial charge is 0.221 e. The molecule has 0 aromatic rings. The normalized spacial score (nSPS) is 14.9. The van der Waals surface area contributed by atoms with Gasteiger partial charge in [0.15, 0.2) is 0 Å². The number of hydrogen-bond acceptors (Lipinski definition) is 3. The lowest BCUT2D eigenvalue weighted by atomic mass is 10.0. The van der Waals surface area contributed by atoms with Crippen LogP contribution in [0.25, 0.3) is 0 Å². The fourth-order valence-corrected chi connectivity index (χ4v) is 2.07. The SMILES string of the molecule is CCSCCC(C)NC(=O)CC(N)C(C)C. The summed E-state index contributed by atoms with van der Waals surface area (Å²) in [7, 11) is 0. The molecular weight excluding hydrogens is 220 g/mol. The van der Waals surface area contributed by atoms with Crippen LogP contribution in [0, 0.1) is 5.92 Å². The summed E-state index contributed by atoms with van der Waals surface area (Å²) >= 11 is 1.91. The van der Waals surface area contributed by atoms with Crippen molar-refractivity contribution in [1.82, 2.24) is 5.32 Å². The van der Waals surface area contributed by atoms with Gasteiger partial charge in [0.2, 0.25) is 5.91 Å². The molecule has 0 spiro atoms. The minimum absolute atomic E-state index is 0.0304. The summed E-state index contributed by atoms with van der Waals surface area (Å²) in [6.07, 6.45) is 1.46. The Balaban J connectivity index is 3.69. The molecule has 0 bridgehead atoms. The van der Waals surface area contributed by atoms with Crippen molar-refractivity contribution in [3.8, 4) is 0 Å². The van der Waals surface area contributed by atoms with Gasteiger partial charge in [0.25, 0.3) is 0 Å². The maximum Gasteiger partial charge on any atom is 0.221 e. The molecule has 2 unspecified atom stereocenters. The van der Waals surface area contributed by atoms with Crippen molar-refractivity contribution in [2.75, 3.05) is 11.5 Å². The lowest BCUT2D eigenvalue weighted by Gasteiger charge is -2.18. The van der Waals surface area contributed by atoms with Crippen LogP contribution in [-0.4, -0.2) is 29.5 Å². The van der Waals surface area contributed by atoms with E-state index in [0.29, 0.717) is 12.3 Å². The molecule has 16 heavy (non-hydrogen) atoms. The molecule has 0 saturated carbocycles. The van der Waals surface area contributed by atoms with Gasteiger partial charge in [-0.2, -0.15) is 11.8 Å². The molecule has 3 N–H and O–H groups in total. The highest BCUT2D eigenvalue weighted by atomic mass is 32.2. The molecule has 0 aromatic carbocycles. The van der Waals surface area contributed by atoms with Crippen LogP contribution in [0.4, 0.5) is 0 Å². The first kappa shape index (κ1) is 15.8. The lowest BCUT2D eigenvalue weighted by Crippen LogP contribution is -2.38. The zero-order chi connectivity index (χ0) is 12.6. The van der Waals surface area contributed by atoms with E-state index < -0.39 is 0 Å². The molecule has 0 heterocycles. The van der Waals surface area contributed by atoms with Crippen molar-refractivity contribution >= 4 is 17.7 Å². The zero-order valence-electron chi connectivity index (χ0n) is 11.0. The Hall–Kier alpha value is -0.220. The Labute approximate surface area is 104 Å². The van der Waals surface area contributed by atoms with Crippen molar-refractivity contribution in [1.29, 1.82) is 0 Å². The topological polar surface area (TPSA) is 55.1 Å². The Morgan fingerprint density at radius 1 is 1.38 bits per heavy atom. The molecule has 2 atom stereocenters. The molecule has 3 nitrogen and oxygen atoms in total. The van der Waals surface area contributed by atoms with E-state index in [-0.39, 0.29) is 18.0 Å². The number of carbonyl (C=O) groups is 1. The first-order valence-corrected chi connectivity index (χ1v) is 7.25. The minimum Gasteiger partial charge on any atom is -0.354 e. The lowest BCUT2D eigenvalue weighted by molar-refractivity contribution is -0.122. The molecule has 0 rings (SSSR count). The molecule has 0 saturated heterocycles. The third-order valence-corrected chi connectivity index (χ3v) is 3.52. The largest absolute Gasteiger partial charge is 0.354 e. The molecule has 0 radical (unpaired) electrons. The highest BCUT2D eigenvalue weighted by Crippen LogP contribution is 2.05. The van der Waals surface area contributed by atoms with Gasteiger partial charge in [-0.05, 0) is 30.8 Å². The summed E-state index contributed by atoms with van der Waals surface area (Å²) in [5.74, 6) is 2.68. The van der Waals surface area contributed by atoms with Gasteiger partial charge in [0, 0.05) is 18.5 Å². The third-order valence-electron chi connectivity index (χ3n) is 2.58. The van der Waals surface area contributed by atoms with Crippen LogP contribution in [0.2, 0.25) is 0 Å². The summed E-state index contributed by atoms with van der Waals surface area (Å²) in [5, 5.41) is 2.99. The molecule has 0 aliphatic rings. The van der Waals surface area contributed by atoms with E-state index in [4.69, 9.17) is 5.73 Å². The molecule has 0 fully saturated rings. The van der Waals surface area contributed by atoms with E-state index in [1.807, 2.05) is 25.6 Å². The Morgan fingerprint density at radius 2 is 2.00 bits per heavy atom. The number of carbonyl (C=O) groups excluding carboxylic acids is 1. The van der Waals surface area contributed by atoms with Gasteiger partial charge in [-0.25, -0.2) is 0 Å². The highest BCUT2D eigenvalue weighted by molar-refractivity contribution is 7.99. The number of thioether (sulfide) groups is 1. The van der Waals surface area contributed by atoms with Crippen LogP contribution >= 0.6 is 11.8 Å². The number of nitrogens with one attached hydrogen (secondary N) is 1. The van der Waals surface area contributed by atoms with Crippen molar-refractivity contribution in [3.63, 3.8) is 0 Å². The summed E-state index contributed by atoms with van der Waals surface area (Å²) in [6.45, 7) is 8.28. The van der Waals surface area contributed by atoms with E-state index in [1.54, 1.807) is 0 Å². The zero-order valence-corrected chi connectivity index (χ0v) is 11.8. The second kappa shape index (κ2) is 8.88. The Bertz CT molecular complexity index is 197. The Kier molecular flexibility index (Phi) is 8.76. The van der Waals surface area contributed by atoms with Crippen molar-refractivity contribution in [3.05, 3.63) is 0 Å². The second-order valence-electron chi connectivity index (χ2n) is 4.57. The summed E-state index contributed by atoms with van der Waals surface area (Å²) in [5.41, 5.74) is 5.85. The molecule has 0 aromatic heterocycles. The maximum absolute atomic E-state index is 11.6. The predicted octanol–water partition coefficient (Wildman–Crippen LogP) is 2.01. The standard InChI is InChI=1S/C12H26N2OS/c1-5-16-7-6-10(4)14-12(15)8-11(13)9(2)3/h9-11H,5-8,13H2,1-4H3,(H,14,15). The van der Waals surface area contributed by atoms with Crippen LogP contribution < -0.4 is 11.1 Å². The van der Waals surface area contributed by atoms with Gasteiger partial charge in [-0.3, -0.25) is 4.79 Å². The van der Waals surface area contributed by atoms with Gasteiger partial charge < -0.3 is 11.1 Å². The van der Waals surface area contributed by atoms with Crippen molar-refractivity contribution < 1.29 is 4.79 Å². The number of amides is 1. The predicted molar refractivity (Wildman–Crippen MR) is 72.7 cm³/mol. The van der Waals surface area contributed by atoms with Gasteiger partial charge in [-0.15, -0.1) is 0 Å². The monoisotopic (exact) mass is 246 g/mol. The first-order valence-electron chi connectivity index (χ1n) is 6.10. The summed E-state index contributed by atoms with van der Waals surface area (Å²) < 4.78 is 0. The Morgan fingerprint density at radius 3 is 2.50 bits per heavy atom. The fourth-order valence-electron chi connectivity index (χ4n) is 1.26.